The Labute approximate surface area is 352 Å². The Bertz CT molecular complexity index is 2780. The van der Waals surface area contributed by atoms with Crippen LogP contribution in [0.1, 0.15) is 55.2 Å². The summed E-state index contributed by atoms with van der Waals surface area (Å²) < 4.78 is 7.93. The summed E-state index contributed by atoms with van der Waals surface area (Å²) in [5.41, 5.74) is 10.3. The number of hydrogen-bond acceptors (Lipinski definition) is 2. The van der Waals surface area contributed by atoms with Crippen molar-refractivity contribution in [3.63, 3.8) is 0 Å². The number of ether oxygens (including phenoxy) is 1. The molecule has 0 bridgehead atoms. The van der Waals surface area contributed by atoms with E-state index in [4.69, 9.17) is 4.74 Å². The maximum Gasteiger partial charge on any atom is 0.171 e. The van der Waals surface area contributed by atoms with E-state index in [1.165, 1.54) is 5.57 Å². The summed E-state index contributed by atoms with van der Waals surface area (Å²) >= 11 is 0. The third-order valence-electron chi connectivity index (χ3n) is 12.6. The predicted molar refractivity (Wildman–Crippen MR) is 245 cm³/mol. The lowest BCUT2D eigenvalue weighted by atomic mass is 9.51. The van der Waals surface area contributed by atoms with E-state index in [1.807, 2.05) is 36.4 Å². The van der Waals surface area contributed by atoms with Gasteiger partial charge in [0, 0.05) is 22.5 Å². The number of rotatable bonds is 10. The average Bonchev–Trinajstić information content (AvgIpc) is 3.62. The molecule has 0 aromatic heterocycles. The Balaban J connectivity index is 1.50. The van der Waals surface area contributed by atoms with Crippen molar-refractivity contribution in [1.82, 2.24) is 0 Å². The number of carbonyl (C=O) groups excluding carboxylic acids is 1. The third-order valence-corrected chi connectivity index (χ3v) is 12.6. The van der Waals surface area contributed by atoms with E-state index in [0.29, 0.717) is 12.2 Å². The Morgan fingerprint density at radius 3 is 1.35 bits per heavy atom. The molecule has 2 aliphatic rings. The topological polar surface area (TPSA) is 26.3 Å². The smallest absolute Gasteiger partial charge is 0.171 e. The molecule has 0 radical (unpaired) electrons. The largest absolute Gasteiger partial charge is 0.360 e. The lowest BCUT2D eigenvalue weighted by molar-refractivity contribution is -0.0302. The molecular weight excluding hydrogens is 729 g/mol. The van der Waals surface area contributed by atoms with E-state index >= 15 is 4.79 Å². The Kier molecular flexibility index (Phi) is 9.85. The molecule has 0 amide bonds. The van der Waals surface area contributed by atoms with Gasteiger partial charge in [-0.25, -0.2) is 0 Å². The molecule has 0 saturated heterocycles. The molecule has 2 nitrogen and oxygen atoms in total. The molecule has 0 fully saturated rings. The summed E-state index contributed by atoms with van der Waals surface area (Å²) in [6.45, 7) is 0.353. The fourth-order valence-electron chi connectivity index (χ4n) is 10.4. The maximum absolute atomic E-state index is 16.4. The Morgan fingerprint density at radius 1 is 0.433 bits per heavy atom. The highest BCUT2D eigenvalue weighted by molar-refractivity contribution is 6.13. The minimum Gasteiger partial charge on any atom is -0.360 e. The van der Waals surface area contributed by atoms with Crippen LogP contribution in [-0.2, 0) is 15.8 Å². The first-order chi connectivity index (χ1) is 29.7. The molecule has 1 aliphatic heterocycles. The molecule has 8 aromatic carbocycles. The van der Waals surface area contributed by atoms with Crippen LogP contribution in [0.5, 0.6) is 0 Å². The van der Waals surface area contributed by atoms with E-state index in [1.54, 1.807) is 0 Å². The minimum absolute atomic E-state index is 0.0506. The van der Waals surface area contributed by atoms with Crippen LogP contribution in [0.2, 0.25) is 0 Å². The van der Waals surface area contributed by atoms with Crippen molar-refractivity contribution in [2.24, 2.45) is 5.92 Å². The normalized spacial score (nSPS) is 20.4. The Hall–Kier alpha value is -7.13. The van der Waals surface area contributed by atoms with Gasteiger partial charge in [-0.05, 0) is 55.7 Å². The molecule has 10 rings (SSSR count). The van der Waals surface area contributed by atoms with Gasteiger partial charge in [-0.15, -0.1) is 0 Å². The van der Waals surface area contributed by atoms with Crippen molar-refractivity contribution >= 4 is 28.1 Å². The van der Waals surface area contributed by atoms with Crippen molar-refractivity contribution in [2.75, 3.05) is 6.61 Å². The maximum atomic E-state index is 16.4. The van der Waals surface area contributed by atoms with Crippen molar-refractivity contribution < 1.29 is 9.53 Å². The van der Waals surface area contributed by atoms with Crippen LogP contribution >= 0.6 is 0 Å². The van der Waals surface area contributed by atoms with Gasteiger partial charge in [0.1, 0.15) is 5.60 Å². The highest BCUT2D eigenvalue weighted by Gasteiger charge is 2.70. The fraction of sp³-hybridized carbons (Fsp3) is 0.0862. The van der Waals surface area contributed by atoms with Gasteiger partial charge < -0.3 is 4.74 Å². The van der Waals surface area contributed by atoms with Crippen LogP contribution in [0.3, 0.4) is 0 Å². The molecule has 2 heteroatoms. The zero-order valence-electron chi connectivity index (χ0n) is 33.3. The molecule has 288 valence electrons. The molecule has 4 unspecified atom stereocenters. The van der Waals surface area contributed by atoms with Gasteiger partial charge in [-0.1, -0.05) is 243 Å². The van der Waals surface area contributed by atoms with Gasteiger partial charge in [0.25, 0.3) is 0 Å². The first-order valence-corrected chi connectivity index (χ1v) is 20.8. The average molecular weight is 773 g/mol. The van der Waals surface area contributed by atoms with E-state index in [9.17, 15) is 0 Å². The zero-order valence-corrected chi connectivity index (χ0v) is 33.3. The lowest BCUT2D eigenvalue weighted by Gasteiger charge is -2.53. The van der Waals surface area contributed by atoms with Crippen LogP contribution in [-0.4, -0.2) is 12.4 Å². The van der Waals surface area contributed by atoms with Gasteiger partial charge in [-0.2, -0.15) is 0 Å². The zero-order chi connectivity index (χ0) is 40.4. The predicted octanol–water partition coefficient (Wildman–Crippen LogP) is 13.4. The van der Waals surface area contributed by atoms with E-state index < -0.39 is 22.9 Å². The van der Waals surface area contributed by atoms with E-state index in [0.717, 1.165) is 55.7 Å². The molecule has 8 aromatic rings. The SMILES string of the molecule is O=C(c1ccccc1)C(c1ccccc1)C1(c2ccccc2)C(c2ccccc2)=C(c2ccccc2)C2(c3ccccc3)OCC(c3ccccc3)=C(c3ccccc3)C21. The van der Waals surface area contributed by atoms with Crippen molar-refractivity contribution in [1.29, 1.82) is 0 Å². The second-order valence-electron chi connectivity index (χ2n) is 15.7. The standard InChI is InChI=1S/C58H44O2/c59-55(47-35-19-6-20-36-47)54(46-33-17-5-18-34-46)57(48-37-21-7-22-38-48)52(44-29-13-3-14-30-44)53(45-31-15-4-16-32-45)58(49-39-23-8-24-40-49)56(57)51(43-27-11-2-12-28-43)50(41-60-58)42-25-9-1-10-26-42/h1-40,54,56H,41H2. The molecule has 4 atom stereocenters. The number of carbonyl (C=O) groups is 1. The number of benzene rings is 8. The summed E-state index contributed by atoms with van der Waals surface area (Å²) in [6, 6.07) is 85.1. The lowest BCUT2D eigenvalue weighted by Crippen LogP contribution is -2.52. The van der Waals surface area contributed by atoms with Gasteiger partial charge >= 0.3 is 0 Å². The highest BCUT2D eigenvalue weighted by Crippen LogP contribution is 2.74. The monoisotopic (exact) mass is 772 g/mol. The van der Waals surface area contributed by atoms with Crippen molar-refractivity contribution in [2.45, 2.75) is 16.9 Å². The quantitative estimate of drug-likeness (QED) is 0.129. The summed E-state index contributed by atoms with van der Waals surface area (Å²) in [7, 11) is 0. The second-order valence-corrected chi connectivity index (χ2v) is 15.7. The van der Waals surface area contributed by atoms with Gasteiger partial charge in [-0.3, -0.25) is 4.79 Å². The van der Waals surface area contributed by atoms with Crippen LogP contribution in [0.15, 0.2) is 243 Å². The van der Waals surface area contributed by atoms with Crippen molar-refractivity contribution in [3.8, 4) is 0 Å². The van der Waals surface area contributed by atoms with Crippen LogP contribution in [0.25, 0.3) is 22.3 Å². The molecule has 0 spiro atoms. The van der Waals surface area contributed by atoms with Gasteiger partial charge in [0.05, 0.1) is 12.5 Å². The molecule has 0 saturated carbocycles. The number of ketones is 1. The highest BCUT2D eigenvalue weighted by atomic mass is 16.5. The first-order valence-electron chi connectivity index (χ1n) is 20.8. The minimum atomic E-state index is -1.09. The number of Topliss-reactive ketones (excluding diaryl/α,β-unsaturated/α-hetero) is 1. The second kappa shape index (κ2) is 15.9. The summed E-state index contributed by atoms with van der Waals surface area (Å²) in [4.78, 5) is 16.4. The van der Waals surface area contributed by atoms with Crippen LogP contribution in [0.4, 0.5) is 0 Å². The van der Waals surface area contributed by atoms with Crippen LogP contribution < -0.4 is 0 Å². The number of hydrogen-bond donors (Lipinski definition) is 0. The summed E-state index contributed by atoms with van der Waals surface area (Å²) in [6.07, 6.45) is 0. The van der Waals surface area contributed by atoms with E-state index in [2.05, 4.69) is 206 Å². The van der Waals surface area contributed by atoms with E-state index in [-0.39, 0.29) is 5.78 Å². The molecular formula is C58H44O2. The number of fused-ring (bicyclic) bond motifs is 1. The van der Waals surface area contributed by atoms with Gasteiger partial charge in [0.15, 0.2) is 5.78 Å². The fourth-order valence-corrected chi connectivity index (χ4v) is 10.4. The Morgan fingerprint density at radius 2 is 0.833 bits per heavy atom. The number of allylic oxidation sites excluding steroid dienone is 1. The molecule has 1 aliphatic carbocycles. The molecule has 60 heavy (non-hydrogen) atoms. The summed E-state index contributed by atoms with van der Waals surface area (Å²) in [5, 5.41) is 0. The molecule has 0 N–H and O–H groups in total. The molecule has 1 heterocycles. The summed E-state index contributed by atoms with van der Waals surface area (Å²) in [5.74, 6) is -1.15. The van der Waals surface area contributed by atoms with Crippen LogP contribution in [0, 0.1) is 5.92 Å². The first kappa shape index (κ1) is 37.2. The third kappa shape index (κ3) is 6.03. The van der Waals surface area contributed by atoms with Crippen molar-refractivity contribution in [3.05, 3.63) is 287 Å². The van der Waals surface area contributed by atoms with Gasteiger partial charge in [0.2, 0.25) is 0 Å².